The summed E-state index contributed by atoms with van der Waals surface area (Å²) >= 11 is 0. The lowest BCUT2D eigenvalue weighted by Gasteiger charge is -2.35. The highest BCUT2D eigenvalue weighted by atomic mass is 15.3. The van der Waals surface area contributed by atoms with Crippen LogP contribution in [0.2, 0.25) is 0 Å². The number of hydrogen-bond acceptors (Lipinski definition) is 3. The van der Waals surface area contributed by atoms with Gasteiger partial charge in [0.2, 0.25) is 0 Å². The van der Waals surface area contributed by atoms with Crippen LogP contribution in [-0.4, -0.2) is 9.55 Å². The van der Waals surface area contributed by atoms with Crippen molar-refractivity contribution in [1.29, 1.82) is 0 Å². The zero-order valence-electron chi connectivity index (χ0n) is 12.5. The van der Waals surface area contributed by atoms with Gasteiger partial charge in [-0.25, -0.2) is 10.4 Å². The molecule has 1 atom stereocenters. The van der Waals surface area contributed by atoms with Crippen molar-refractivity contribution in [2.75, 3.05) is 0 Å². The van der Waals surface area contributed by atoms with Crippen LogP contribution in [0.25, 0.3) is 0 Å². The molecule has 19 heavy (non-hydrogen) atoms. The maximum atomic E-state index is 5.81. The molecule has 0 aromatic carbocycles. The molecule has 0 spiro atoms. The second-order valence-electron chi connectivity index (χ2n) is 6.13. The first kappa shape index (κ1) is 14.5. The van der Waals surface area contributed by atoms with Gasteiger partial charge in [0.1, 0.15) is 5.82 Å². The molecule has 1 fully saturated rings. The summed E-state index contributed by atoms with van der Waals surface area (Å²) < 4.78 is 2.19. The molecule has 1 aliphatic rings. The van der Waals surface area contributed by atoms with E-state index in [-0.39, 0.29) is 6.04 Å². The first-order valence-corrected chi connectivity index (χ1v) is 7.64. The summed E-state index contributed by atoms with van der Waals surface area (Å²) in [5.41, 5.74) is 3.01. The molecule has 0 saturated heterocycles. The van der Waals surface area contributed by atoms with Crippen molar-refractivity contribution in [3.05, 3.63) is 18.2 Å². The van der Waals surface area contributed by atoms with Crippen LogP contribution >= 0.6 is 0 Å². The highest BCUT2D eigenvalue weighted by molar-refractivity contribution is 5.02. The molecule has 4 heteroatoms. The molecule has 1 aliphatic carbocycles. The third kappa shape index (κ3) is 3.18. The van der Waals surface area contributed by atoms with Gasteiger partial charge in [-0.3, -0.25) is 5.84 Å². The van der Waals surface area contributed by atoms with E-state index in [4.69, 9.17) is 5.84 Å². The average Bonchev–Trinajstić information content (AvgIpc) is 2.88. The smallest absolute Gasteiger partial charge is 0.127 e. The maximum Gasteiger partial charge on any atom is 0.127 e. The Morgan fingerprint density at radius 3 is 2.47 bits per heavy atom. The zero-order chi connectivity index (χ0) is 13.8. The van der Waals surface area contributed by atoms with Gasteiger partial charge in [-0.2, -0.15) is 0 Å². The number of aromatic nitrogens is 2. The molecule has 1 saturated carbocycles. The zero-order valence-corrected chi connectivity index (χ0v) is 12.5. The highest BCUT2D eigenvalue weighted by Crippen LogP contribution is 2.38. The van der Waals surface area contributed by atoms with Gasteiger partial charge in [-0.05, 0) is 50.4 Å². The second-order valence-corrected chi connectivity index (χ2v) is 6.13. The minimum atomic E-state index is 0.197. The summed E-state index contributed by atoms with van der Waals surface area (Å²) in [7, 11) is 0. The first-order chi connectivity index (χ1) is 9.17. The summed E-state index contributed by atoms with van der Waals surface area (Å²) in [5.74, 6) is 9.22. The van der Waals surface area contributed by atoms with Crippen LogP contribution in [-0.2, 0) is 6.54 Å². The Hall–Kier alpha value is -0.870. The van der Waals surface area contributed by atoms with E-state index in [0.717, 1.165) is 24.2 Å². The Morgan fingerprint density at radius 1 is 1.32 bits per heavy atom. The monoisotopic (exact) mass is 264 g/mol. The Balaban J connectivity index is 2.04. The van der Waals surface area contributed by atoms with Crippen molar-refractivity contribution in [3.63, 3.8) is 0 Å². The quantitative estimate of drug-likeness (QED) is 0.635. The number of aryl methyl sites for hydroxylation is 1. The van der Waals surface area contributed by atoms with Crippen molar-refractivity contribution in [2.45, 2.75) is 59.0 Å². The number of nitrogens with zero attached hydrogens (tertiary/aromatic N) is 2. The van der Waals surface area contributed by atoms with Gasteiger partial charge >= 0.3 is 0 Å². The lowest BCUT2D eigenvalue weighted by atomic mass is 9.74. The third-order valence-corrected chi connectivity index (χ3v) is 4.78. The highest BCUT2D eigenvalue weighted by Gasteiger charge is 2.31. The molecule has 1 heterocycles. The van der Waals surface area contributed by atoms with Crippen LogP contribution < -0.4 is 11.3 Å². The summed E-state index contributed by atoms with van der Waals surface area (Å²) in [5, 5.41) is 0. The number of hydrazine groups is 1. The molecule has 0 bridgehead atoms. The van der Waals surface area contributed by atoms with Crippen molar-refractivity contribution in [1.82, 2.24) is 15.0 Å². The Morgan fingerprint density at radius 2 is 1.95 bits per heavy atom. The fourth-order valence-electron chi connectivity index (χ4n) is 3.43. The third-order valence-electron chi connectivity index (χ3n) is 4.78. The summed E-state index contributed by atoms with van der Waals surface area (Å²) in [6, 6.07) is 0.197. The Kier molecular flexibility index (Phi) is 4.99. The van der Waals surface area contributed by atoms with Gasteiger partial charge in [-0.1, -0.05) is 13.8 Å². The van der Waals surface area contributed by atoms with Gasteiger partial charge in [0, 0.05) is 18.9 Å². The van der Waals surface area contributed by atoms with Crippen LogP contribution in [0.5, 0.6) is 0 Å². The van der Waals surface area contributed by atoms with Gasteiger partial charge in [0.05, 0.1) is 6.04 Å². The molecule has 4 nitrogen and oxygen atoms in total. The van der Waals surface area contributed by atoms with E-state index in [2.05, 4.69) is 35.7 Å². The second kappa shape index (κ2) is 6.53. The molecule has 2 rings (SSSR count). The molecule has 1 unspecified atom stereocenters. The minimum Gasteiger partial charge on any atom is -0.334 e. The van der Waals surface area contributed by atoms with E-state index in [1.54, 1.807) is 0 Å². The van der Waals surface area contributed by atoms with Crippen molar-refractivity contribution >= 4 is 0 Å². The molecular weight excluding hydrogens is 236 g/mol. The van der Waals surface area contributed by atoms with E-state index in [9.17, 15) is 0 Å². The number of rotatable bonds is 5. The van der Waals surface area contributed by atoms with Crippen LogP contribution in [0, 0.1) is 17.8 Å². The van der Waals surface area contributed by atoms with Gasteiger partial charge in [0.15, 0.2) is 0 Å². The topological polar surface area (TPSA) is 55.9 Å². The van der Waals surface area contributed by atoms with Crippen LogP contribution in [0.1, 0.15) is 58.3 Å². The SMILES string of the molecule is CCn1ccnc1C(NN)C1CCC(C(C)C)CC1. The number of hydrogen-bond donors (Lipinski definition) is 2. The van der Waals surface area contributed by atoms with E-state index in [0.29, 0.717) is 5.92 Å². The van der Waals surface area contributed by atoms with Crippen molar-refractivity contribution < 1.29 is 0 Å². The number of nitrogens with one attached hydrogen (secondary N) is 1. The Bertz CT molecular complexity index is 377. The molecule has 3 N–H and O–H groups in total. The molecule has 1 aromatic rings. The van der Waals surface area contributed by atoms with Crippen LogP contribution in [0.4, 0.5) is 0 Å². The van der Waals surface area contributed by atoms with Gasteiger partial charge in [-0.15, -0.1) is 0 Å². The predicted octanol–water partition coefficient (Wildman–Crippen LogP) is 2.87. The fourth-order valence-corrected chi connectivity index (χ4v) is 3.43. The summed E-state index contributed by atoms with van der Waals surface area (Å²) in [4.78, 5) is 4.51. The van der Waals surface area contributed by atoms with E-state index >= 15 is 0 Å². The normalized spacial score (nSPS) is 25.7. The summed E-state index contributed by atoms with van der Waals surface area (Å²) in [6.07, 6.45) is 9.09. The van der Waals surface area contributed by atoms with E-state index in [1.165, 1.54) is 25.7 Å². The minimum absolute atomic E-state index is 0.197. The number of imidazole rings is 1. The average molecular weight is 264 g/mol. The number of nitrogens with two attached hydrogens (primary N) is 1. The standard InChI is InChI=1S/C15H28N4/c1-4-19-10-9-17-15(19)14(18-16)13-7-5-12(6-8-13)11(2)3/h9-14,18H,4-8,16H2,1-3H3. The van der Waals surface area contributed by atoms with E-state index in [1.807, 2.05) is 12.4 Å². The molecule has 0 radical (unpaired) electrons. The fraction of sp³-hybridized carbons (Fsp3) is 0.800. The Labute approximate surface area is 116 Å². The van der Waals surface area contributed by atoms with Crippen molar-refractivity contribution in [3.8, 4) is 0 Å². The predicted molar refractivity (Wildman–Crippen MR) is 78.3 cm³/mol. The van der Waals surface area contributed by atoms with Gasteiger partial charge in [0.25, 0.3) is 0 Å². The lowest BCUT2D eigenvalue weighted by Crippen LogP contribution is -2.37. The van der Waals surface area contributed by atoms with Crippen molar-refractivity contribution in [2.24, 2.45) is 23.6 Å². The molecular formula is C15H28N4. The molecule has 0 amide bonds. The first-order valence-electron chi connectivity index (χ1n) is 7.64. The van der Waals surface area contributed by atoms with Gasteiger partial charge < -0.3 is 4.57 Å². The van der Waals surface area contributed by atoms with Crippen LogP contribution in [0.15, 0.2) is 12.4 Å². The lowest BCUT2D eigenvalue weighted by molar-refractivity contribution is 0.184. The van der Waals surface area contributed by atoms with Crippen LogP contribution in [0.3, 0.4) is 0 Å². The largest absolute Gasteiger partial charge is 0.334 e. The van der Waals surface area contributed by atoms with E-state index < -0.39 is 0 Å². The molecule has 0 aliphatic heterocycles. The molecule has 1 aromatic heterocycles. The summed E-state index contributed by atoms with van der Waals surface area (Å²) in [6.45, 7) is 7.78. The maximum absolute atomic E-state index is 5.81. The molecule has 108 valence electrons.